The van der Waals surface area contributed by atoms with Gasteiger partial charge in [0.25, 0.3) is 10.1 Å². The molecule has 0 aliphatic heterocycles. The first kappa shape index (κ1) is 36.0. The molecule has 0 heterocycles. The number of hydrogen-bond acceptors (Lipinski definition) is 4. The van der Waals surface area contributed by atoms with Crippen molar-refractivity contribution in [2.24, 2.45) is 0 Å². The Bertz CT molecular complexity index is 1830. The third-order valence-electron chi connectivity index (χ3n) is 7.77. The monoisotopic (exact) mass is 729 g/mol. The molecule has 0 radical (unpaired) electrons. The number of hydrogen-bond donors (Lipinski definition) is 2. The largest absolute Gasteiger partial charge is 0.417 e. The maximum Gasteiger partial charge on any atom is 0.417 e. The molecule has 0 saturated carbocycles. The van der Waals surface area contributed by atoms with Crippen LogP contribution in [-0.4, -0.2) is 30.4 Å². The highest BCUT2D eigenvalue weighted by Gasteiger charge is 2.33. The third-order valence-corrected chi connectivity index (χ3v) is 9.27. The summed E-state index contributed by atoms with van der Waals surface area (Å²) in [5.74, 6) is -2.11. The van der Waals surface area contributed by atoms with E-state index >= 15 is 0 Å². The number of nitrogens with one attached hydrogen (secondary N) is 1. The number of carbonyl (C=O) groups excluding carboxylic acids is 2. The molecule has 0 aromatic heterocycles. The van der Waals surface area contributed by atoms with Gasteiger partial charge >= 0.3 is 6.18 Å². The minimum absolute atomic E-state index is 0.00285. The number of Topliss-reactive ketones (excluding diaryl/α,β-unsaturated/α-hetero) is 1. The molecular weight excluding hydrogens is 695 g/mol. The Morgan fingerprint density at radius 3 is 1.96 bits per heavy atom. The van der Waals surface area contributed by atoms with Gasteiger partial charge in [0.1, 0.15) is 0 Å². The average molecular weight is 731 g/mol. The number of anilines is 1. The first-order valence-corrected chi connectivity index (χ1v) is 17.3. The highest BCUT2D eigenvalue weighted by atomic mass is 79.9. The summed E-state index contributed by atoms with van der Waals surface area (Å²) in [6.07, 6.45) is -4.52. The normalized spacial score (nSPS) is 12.9. The first-order valence-electron chi connectivity index (χ1n) is 14.9. The molecule has 4 rings (SSSR count). The Morgan fingerprint density at radius 1 is 0.851 bits per heavy atom. The Morgan fingerprint density at radius 2 is 1.43 bits per heavy atom. The molecule has 0 fully saturated rings. The molecule has 1 amide bonds. The number of rotatable bonds is 11. The Labute approximate surface area is 281 Å². The fourth-order valence-electron chi connectivity index (χ4n) is 5.10. The second-order valence-corrected chi connectivity index (χ2v) is 14.8. The van der Waals surface area contributed by atoms with E-state index in [1.807, 2.05) is 36.4 Å². The highest BCUT2D eigenvalue weighted by molar-refractivity contribution is 9.10. The molecule has 0 spiro atoms. The maximum atomic E-state index is 13.7. The summed E-state index contributed by atoms with van der Waals surface area (Å²) in [6.45, 7) is 6.41. The fraction of sp³-hybridized carbons (Fsp3) is 0.278. The number of carbonyl (C=O) groups is 2. The molecular formula is C36H35BrF3NO5S. The van der Waals surface area contributed by atoms with E-state index in [1.165, 1.54) is 17.7 Å². The molecule has 11 heteroatoms. The molecule has 248 valence electrons. The van der Waals surface area contributed by atoms with Crippen molar-refractivity contribution < 1.29 is 35.7 Å². The van der Waals surface area contributed by atoms with Gasteiger partial charge in [-0.1, -0.05) is 109 Å². The minimum Gasteiger partial charge on any atom is -0.326 e. The zero-order chi connectivity index (χ0) is 34.6. The summed E-state index contributed by atoms with van der Waals surface area (Å²) in [5.41, 5.74) is 3.92. The van der Waals surface area contributed by atoms with Gasteiger partial charge in [-0.2, -0.15) is 21.6 Å². The van der Waals surface area contributed by atoms with Crippen LogP contribution in [0.3, 0.4) is 0 Å². The zero-order valence-corrected chi connectivity index (χ0v) is 28.5. The summed E-state index contributed by atoms with van der Waals surface area (Å²) in [4.78, 5) is 26.2. The van der Waals surface area contributed by atoms with Crippen molar-refractivity contribution >= 4 is 43.4 Å². The summed E-state index contributed by atoms with van der Waals surface area (Å²) < 4.78 is 71.3. The van der Waals surface area contributed by atoms with Crippen molar-refractivity contribution in [3.63, 3.8) is 0 Å². The number of halogens is 4. The van der Waals surface area contributed by atoms with Crippen LogP contribution in [0.1, 0.15) is 72.1 Å². The lowest BCUT2D eigenvalue weighted by molar-refractivity contribution is -0.138. The molecule has 0 saturated heterocycles. The van der Waals surface area contributed by atoms with Crippen molar-refractivity contribution in [3.05, 3.63) is 123 Å². The van der Waals surface area contributed by atoms with E-state index in [0.717, 1.165) is 17.2 Å². The van der Waals surface area contributed by atoms with Crippen LogP contribution in [0.4, 0.5) is 18.9 Å². The van der Waals surface area contributed by atoms with Gasteiger partial charge in [-0.25, -0.2) is 0 Å². The van der Waals surface area contributed by atoms with E-state index in [9.17, 15) is 31.2 Å². The van der Waals surface area contributed by atoms with E-state index in [2.05, 4.69) is 54.2 Å². The molecule has 1 atom stereocenters. The molecule has 4 aromatic rings. The van der Waals surface area contributed by atoms with Gasteiger partial charge in [0.05, 0.1) is 17.2 Å². The van der Waals surface area contributed by atoms with Crippen LogP contribution in [0.5, 0.6) is 0 Å². The second kappa shape index (κ2) is 14.5. The van der Waals surface area contributed by atoms with Gasteiger partial charge < -0.3 is 5.32 Å². The maximum absolute atomic E-state index is 13.7. The SMILES string of the molecule is CC(C)(C)c1ccc(-c2ccc(C(Cc3ccc(C(=O)CCCS(=O)(=O)O)cc3)C(=O)Nc3ccc(Br)c(C(F)(F)F)c3)cc2)cc1. The van der Waals surface area contributed by atoms with E-state index in [4.69, 9.17) is 4.55 Å². The van der Waals surface area contributed by atoms with Crippen molar-refractivity contribution in [3.8, 4) is 11.1 Å². The molecule has 2 N–H and O–H groups in total. The standard InChI is InChI=1S/C36H35BrF3NO5S/c1-35(2,3)28-16-14-25(15-17-28)24-10-12-26(13-11-24)30(34(43)41-29-18-19-32(37)31(22-29)36(38,39)40)21-23-6-8-27(9-7-23)33(42)5-4-20-47(44,45)46/h6-19,22,30H,4-5,20-21H2,1-3H3,(H,41,43)(H,44,45,46). The Kier molecular flexibility index (Phi) is 11.1. The predicted molar refractivity (Wildman–Crippen MR) is 181 cm³/mol. The van der Waals surface area contributed by atoms with E-state index < -0.39 is 39.4 Å². The number of ketones is 1. The molecule has 4 aromatic carbocycles. The smallest absolute Gasteiger partial charge is 0.326 e. The van der Waals surface area contributed by atoms with E-state index in [-0.39, 0.29) is 40.6 Å². The minimum atomic E-state index is -4.62. The van der Waals surface area contributed by atoms with Gasteiger partial charge in [0.15, 0.2) is 5.78 Å². The van der Waals surface area contributed by atoms with Crippen LogP contribution in [0.15, 0.2) is 95.5 Å². The highest BCUT2D eigenvalue weighted by Crippen LogP contribution is 2.37. The third kappa shape index (κ3) is 10.1. The van der Waals surface area contributed by atoms with Crippen LogP contribution in [0.25, 0.3) is 11.1 Å². The topological polar surface area (TPSA) is 101 Å². The quantitative estimate of drug-likeness (QED) is 0.118. The Hall–Kier alpha value is -3.80. The van der Waals surface area contributed by atoms with Crippen LogP contribution in [0.2, 0.25) is 0 Å². The lowest BCUT2D eigenvalue weighted by atomic mass is 9.86. The second-order valence-electron chi connectivity index (χ2n) is 12.4. The van der Waals surface area contributed by atoms with E-state index in [1.54, 1.807) is 24.3 Å². The van der Waals surface area contributed by atoms with Gasteiger partial charge in [-0.15, -0.1) is 0 Å². The first-order chi connectivity index (χ1) is 21.9. The molecule has 1 unspecified atom stereocenters. The van der Waals surface area contributed by atoms with E-state index in [0.29, 0.717) is 16.7 Å². The summed E-state index contributed by atoms with van der Waals surface area (Å²) in [6, 6.07) is 25.7. The average Bonchev–Trinajstić information content (AvgIpc) is 2.99. The summed E-state index contributed by atoms with van der Waals surface area (Å²) in [5, 5.41) is 2.65. The van der Waals surface area contributed by atoms with Gasteiger partial charge in [-0.05, 0) is 64.3 Å². The molecule has 0 aliphatic rings. The van der Waals surface area contributed by atoms with Crippen molar-refractivity contribution in [1.29, 1.82) is 0 Å². The molecule has 47 heavy (non-hydrogen) atoms. The fourth-order valence-corrected chi connectivity index (χ4v) is 6.08. The van der Waals surface area contributed by atoms with Crippen molar-refractivity contribution in [2.45, 2.75) is 57.5 Å². The Balaban J connectivity index is 1.60. The lowest BCUT2D eigenvalue weighted by Gasteiger charge is -2.20. The van der Waals surface area contributed by atoms with Crippen LogP contribution < -0.4 is 5.32 Å². The molecule has 0 bridgehead atoms. The number of benzene rings is 4. The predicted octanol–water partition coefficient (Wildman–Crippen LogP) is 9.25. The molecule has 0 aliphatic carbocycles. The van der Waals surface area contributed by atoms with Crippen LogP contribution in [0, 0.1) is 0 Å². The van der Waals surface area contributed by atoms with Crippen molar-refractivity contribution in [1.82, 2.24) is 0 Å². The zero-order valence-electron chi connectivity index (χ0n) is 26.1. The van der Waals surface area contributed by atoms with Gasteiger partial charge in [-0.3, -0.25) is 14.1 Å². The molecule has 6 nitrogen and oxygen atoms in total. The summed E-state index contributed by atoms with van der Waals surface area (Å²) >= 11 is 2.93. The van der Waals surface area contributed by atoms with Crippen molar-refractivity contribution in [2.75, 3.05) is 11.1 Å². The number of amides is 1. The summed E-state index contributed by atoms with van der Waals surface area (Å²) in [7, 11) is -4.17. The van der Waals surface area contributed by atoms with Gasteiger partial charge in [0, 0.05) is 22.1 Å². The van der Waals surface area contributed by atoms with Gasteiger partial charge in [0.2, 0.25) is 5.91 Å². The van der Waals surface area contributed by atoms with Crippen LogP contribution >= 0.6 is 15.9 Å². The number of alkyl halides is 3. The lowest BCUT2D eigenvalue weighted by Crippen LogP contribution is -2.23. The van der Waals surface area contributed by atoms with Crippen LogP contribution in [-0.2, 0) is 32.9 Å².